The summed E-state index contributed by atoms with van der Waals surface area (Å²) < 4.78 is 13.3. The van der Waals surface area contributed by atoms with Crippen LogP contribution in [0.5, 0.6) is 0 Å². The van der Waals surface area contributed by atoms with Crippen LogP contribution in [-0.2, 0) is 0 Å². The third-order valence-electron chi connectivity index (χ3n) is 10.1. The second-order valence-electron chi connectivity index (χ2n) is 13.4. The number of hydrogen-bond acceptors (Lipinski definition) is 6. The second-order valence-corrected chi connectivity index (χ2v) is 13.4. The minimum atomic E-state index is 0.550. The molecule has 0 amide bonds. The molecule has 0 aliphatic heterocycles. The fourth-order valence-electron chi connectivity index (χ4n) is 7.52. The molecule has 11 rings (SSSR count). The third-order valence-corrected chi connectivity index (χ3v) is 10.1. The smallest absolute Gasteiger partial charge is 0.227 e. The Labute approximate surface area is 309 Å². The fraction of sp³-hybridized carbons (Fsp3) is 0. The van der Waals surface area contributed by atoms with Crippen LogP contribution in [-0.4, -0.2) is 19.9 Å². The highest BCUT2D eigenvalue weighted by Gasteiger charge is 2.24. The van der Waals surface area contributed by atoms with Crippen LogP contribution in [0.15, 0.2) is 179 Å². The molecule has 3 aromatic heterocycles. The van der Waals surface area contributed by atoms with Crippen LogP contribution in [0.4, 0.5) is 0 Å². The Morgan fingerprint density at radius 2 is 0.963 bits per heavy atom. The van der Waals surface area contributed by atoms with Crippen molar-refractivity contribution in [3.8, 4) is 56.7 Å². The first-order chi connectivity index (χ1) is 26.7. The van der Waals surface area contributed by atoms with Gasteiger partial charge in [0, 0.05) is 33.0 Å². The van der Waals surface area contributed by atoms with Gasteiger partial charge in [-0.05, 0) is 69.6 Å². The summed E-state index contributed by atoms with van der Waals surface area (Å²) in [4.78, 5) is 20.5. The zero-order valence-electron chi connectivity index (χ0n) is 28.8. The Hall–Kier alpha value is -7.44. The molecule has 0 unspecified atom stereocenters. The van der Waals surface area contributed by atoms with Crippen molar-refractivity contribution < 1.29 is 8.83 Å². The summed E-state index contributed by atoms with van der Waals surface area (Å²) in [6.07, 6.45) is 0. The largest absolute Gasteiger partial charge is 0.455 e. The molecule has 8 aromatic carbocycles. The first-order valence-corrected chi connectivity index (χ1v) is 17.9. The van der Waals surface area contributed by atoms with Crippen LogP contribution < -0.4 is 0 Å². The molecule has 0 spiro atoms. The van der Waals surface area contributed by atoms with Gasteiger partial charge in [0.25, 0.3) is 0 Å². The van der Waals surface area contributed by atoms with Crippen molar-refractivity contribution in [2.24, 2.45) is 0 Å². The van der Waals surface area contributed by atoms with E-state index in [1.807, 2.05) is 84.9 Å². The predicted molar refractivity (Wildman–Crippen MR) is 217 cm³/mol. The number of aromatic nitrogens is 4. The molecule has 0 bridgehead atoms. The number of fused-ring (bicyclic) bond motifs is 6. The lowest BCUT2D eigenvalue weighted by atomic mass is 9.93. The van der Waals surface area contributed by atoms with Crippen molar-refractivity contribution in [3.63, 3.8) is 0 Å². The van der Waals surface area contributed by atoms with E-state index in [1.165, 1.54) is 0 Å². The quantitative estimate of drug-likeness (QED) is 0.179. The molecule has 0 saturated carbocycles. The Balaban J connectivity index is 1.20. The van der Waals surface area contributed by atoms with Gasteiger partial charge < -0.3 is 8.83 Å². The molecule has 0 aliphatic rings. The maximum absolute atomic E-state index is 6.72. The lowest BCUT2D eigenvalue weighted by Gasteiger charge is -2.13. The SMILES string of the molecule is c1ccc(-c2nc(-c3ccc4ccccc4c3)nc(-c3cc(-c4c5nc(-c6ccccc6)oc5cc5c4oc4ccccc45)c4ccccc4c3)n2)cc1. The maximum Gasteiger partial charge on any atom is 0.227 e. The van der Waals surface area contributed by atoms with Gasteiger partial charge in [0.05, 0.1) is 5.56 Å². The summed E-state index contributed by atoms with van der Waals surface area (Å²) in [6, 6.07) is 57.6. The van der Waals surface area contributed by atoms with Gasteiger partial charge in [-0.2, -0.15) is 0 Å². The van der Waals surface area contributed by atoms with Crippen molar-refractivity contribution in [1.82, 2.24) is 19.9 Å². The molecule has 252 valence electrons. The Bertz CT molecular complexity index is 3220. The molecule has 6 heteroatoms. The molecule has 3 heterocycles. The van der Waals surface area contributed by atoms with Crippen LogP contribution in [0, 0.1) is 0 Å². The van der Waals surface area contributed by atoms with Gasteiger partial charge in [0.15, 0.2) is 23.1 Å². The van der Waals surface area contributed by atoms with Gasteiger partial charge in [-0.15, -0.1) is 0 Å². The third kappa shape index (κ3) is 4.96. The summed E-state index contributed by atoms with van der Waals surface area (Å²) >= 11 is 0. The molecule has 0 aliphatic carbocycles. The van der Waals surface area contributed by atoms with Crippen molar-refractivity contribution >= 4 is 54.6 Å². The summed E-state index contributed by atoms with van der Waals surface area (Å²) in [7, 11) is 0. The van der Waals surface area contributed by atoms with Crippen LogP contribution in [0.25, 0.3) is 111 Å². The first kappa shape index (κ1) is 30.2. The van der Waals surface area contributed by atoms with Crippen LogP contribution in [0.2, 0.25) is 0 Å². The van der Waals surface area contributed by atoms with Gasteiger partial charge >= 0.3 is 0 Å². The van der Waals surface area contributed by atoms with Crippen molar-refractivity contribution in [2.45, 2.75) is 0 Å². The molecular weight excluding hydrogens is 665 g/mol. The van der Waals surface area contributed by atoms with E-state index in [0.717, 1.165) is 82.4 Å². The molecule has 11 aromatic rings. The zero-order chi connectivity index (χ0) is 35.6. The number of hydrogen-bond donors (Lipinski definition) is 0. The average molecular weight is 693 g/mol. The first-order valence-electron chi connectivity index (χ1n) is 17.9. The molecule has 0 saturated heterocycles. The summed E-state index contributed by atoms with van der Waals surface area (Å²) in [5, 5.41) is 6.34. The highest BCUT2D eigenvalue weighted by Crippen LogP contribution is 2.45. The fourth-order valence-corrected chi connectivity index (χ4v) is 7.52. The highest BCUT2D eigenvalue weighted by atomic mass is 16.4. The second kappa shape index (κ2) is 12.1. The van der Waals surface area contributed by atoms with Gasteiger partial charge in [-0.1, -0.05) is 127 Å². The molecule has 0 radical (unpaired) electrons. The van der Waals surface area contributed by atoms with E-state index in [0.29, 0.717) is 28.9 Å². The van der Waals surface area contributed by atoms with E-state index in [4.69, 9.17) is 28.8 Å². The topological polar surface area (TPSA) is 77.8 Å². The molecular formula is C48H28N4O2. The predicted octanol–water partition coefficient (Wildman–Crippen LogP) is 12.6. The molecule has 0 N–H and O–H groups in total. The van der Waals surface area contributed by atoms with Gasteiger partial charge in [-0.25, -0.2) is 19.9 Å². The number of para-hydroxylation sites is 1. The van der Waals surface area contributed by atoms with E-state index in [2.05, 4.69) is 84.9 Å². The lowest BCUT2D eigenvalue weighted by molar-refractivity contribution is 0.620. The Kier molecular flexibility index (Phi) is 6.75. The van der Waals surface area contributed by atoms with Crippen LogP contribution >= 0.6 is 0 Å². The van der Waals surface area contributed by atoms with Gasteiger partial charge in [-0.3, -0.25) is 0 Å². The standard InChI is InChI=1S/C48H28N4O2/c1-3-14-30(15-4-1)45-50-46(34-24-23-29-13-7-8-18-32(29)25-34)52-47(51-45)35-26-33-19-9-10-20-36(33)38(27-35)42-43-41(54-48(49-43)31-16-5-2-6-17-31)28-39-37-21-11-12-22-40(37)53-44(39)42/h1-28H. The highest BCUT2D eigenvalue weighted by molar-refractivity contribution is 6.19. The number of benzene rings is 8. The summed E-state index contributed by atoms with van der Waals surface area (Å²) in [5.41, 5.74) is 8.33. The summed E-state index contributed by atoms with van der Waals surface area (Å²) in [5.74, 6) is 2.32. The number of furan rings is 1. The average Bonchev–Trinajstić information content (AvgIpc) is 3.84. The van der Waals surface area contributed by atoms with Crippen LogP contribution in [0.1, 0.15) is 0 Å². The van der Waals surface area contributed by atoms with E-state index in [1.54, 1.807) is 0 Å². The maximum atomic E-state index is 6.72. The van der Waals surface area contributed by atoms with E-state index in [-0.39, 0.29) is 0 Å². The minimum Gasteiger partial charge on any atom is -0.455 e. The Morgan fingerprint density at radius 1 is 0.352 bits per heavy atom. The monoisotopic (exact) mass is 692 g/mol. The number of oxazole rings is 1. The lowest BCUT2D eigenvalue weighted by Crippen LogP contribution is -2.00. The van der Waals surface area contributed by atoms with Crippen LogP contribution in [0.3, 0.4) is 0 Å². The summed E-state index contributed by atoms with van der Waals surface area (Å²) in [6.45, 7) is 0. The number of rotatable bonds is 5. The van der Waals surface area contributed by atoms with Gasteiger partial charge in [0.1, 0.15) is 16.7 Å². The Morgan fingerprint density at radius 3 is 1.76 bits per heavy atom. The van der Waals surface area contributed by atoms with Crippen molar-refractivity contribution in [3.05, 3.63) is 170 Å². The van der Waals surface area contributed by atoms with Crippen molar-refractivity contribution in [1.29, 1.82) is 0 Å². The normalized spacial score (nSPS) is 11.7. The van der Waals surface area contributed by atoms with Gasteiger partial charge in [0.2, 0.25) is 5.89 Å². The number of nitrogens with zero attached hydrogens (tertiary/aromatic N) is 4. The van der Waals surface area contributed by atoms with E-state index in [9.17, 15) is 0 Å². The van der Waals surface area contributed by atoms with Crippen molar-refractivity contribution in [2.75, 3.05) is 0 Å². The molecule has 0 atom stereocenters. The molecule has 6 nitrogen and oxygen atoms in total. The molecule has 0 fully saturated rings. The minimum absolute atomic E-state index is 0.550. The van der Waals surface area contributed by atoms with E-state index >= 15 is 0 Å². The zero-order valence-corrected chi connectivity index (χ0v) is 28.8. The van der Waals surface area contributed by atoms with E-state index < -0.39 is 0 Å². The molecule has 54 heavy (non-hydrogen) atoms.